The number of carbonyl (C=O) groups is 1. The summed E-state index contributed by atoms with van der Waals surface area (Å²) in [6.07, 6.45) is 4.50. The Bertz CT molecular complexity index is 301. The highest BCUT2D eigenvalue weighted by atomic mass is 16.1. The van der Waals surface area contributed by atoms with Gasteiger partial charge in [-0.05, 0) is 30.4 Å². The third-order valence-electron chi connectivity index (χ3n) is 2.68. The Labute approximate surface area is 85.7 Å². The molecule has 0 spiro atoms. The van der Waals surface area contributed by atoms with Gasteiger partial charge < -0.3 is 4.98 Å². The summed E-state index contributed by atoms with van der Waals surface area (Å²) in [6, 6.07) is 2.02. The lowest BCUT2D eigenvalue weighted by Gasteiger charge is -2.08. The van der Waals surface area contributed by atoms with E-state index in [9.17, 15) is 4.79 Å². The third-order valence-corrected chi connectivity index (χ3v) is 2.68. The maximum Gasteiger partial charge on any atom is 0.179 e. The second-order valence-corrected chi connectivity index (χ2v) is 3.79. The van der Waals surface area contributed by atoms with Gasteiger partial charge in [-0.2, -0.15) is 0 Å². The van der Waals surface area contributed by atoms with Gasteiger partial charge in [0, 0.05) is 12.6 Å². The molecule has 0 saturated heterocycles. The molecule has 1 aromatic heterocycles. The molecule has 1 heterocycles. The first-order valence-electron chi connectivity index (χ1n) is 5.41. The van der Waals surface area contributed by atoms with Crippen LogP contribution < -0.4 is 0 Å². The van der Waals surface area contributed by atoms with Crippen molar-refractivity contribution in [3.05, 3.63) is 23.5 Å². The third kappa shape index (κ3) is 2.25. The average Bonchev–Trinajstić information content (AvgIpc) is 2.65. The van der Waals surface area contributed by atoms with E-state index in [0.717, 1.165) is 18.5 Å². The fourth-order valence-corrected chi connectivity index (χ4v) is 1.61. The standard InChI is InChI=1S/C12H19NO/c1-4-6-11(14)12-10(7-8-13-12)9(3)5-2/h7-9,13H,4-6H2,1-3H3. The smallest absolute Gasteiger partial charge is 0.179 e. The van der Waals surface area contributed by atoms with E-state index in [4.69, 9.17) is 0 Å². The van der Waals surface area contributed by atoms with Crippen LogP contribution in [0.15, 0.2) is 12.3 Å². The highest BCUT2D eigenvalue weighted by molar-refractivity contribution is 5.95. The number of hydrogen-bond donors (Lipinski definition) is 1. The number of rotatable bonds is 5. The van der Waals surface area contributed by atoms with Crippen molar-refractivity contribution < 1.29 is 4.79 Å². The molecule has 0 saturated carbocycles. The molecule has 1 atom stereocenters. The first kappa shape index (κ1) is 11.0. The van der Waals surface area contributed by atoms with Crippen molar-refractivity contribution in [1.29, 1.82) is 0 Å². The number of aromatic amines is 1. The number of aromatic nitrogens is 1. The molecule has 14 heavy (non-hydrogen) atoms. The number of hydrogen-bond acceptors (Lipinski definition) is 1. The van der Waals surface area contributed by atoms with Crippen molar-refractivity contribution in [1.82, 2.24) is 4.98 Å². The van der Waals surface area contributed by atoms with E-state index in [1.807, 2.05) is 19.2 Å². The van der Waals surface area contributed by atoms with Crippen LogP contribution in [0.2, 0.25) is 0 Å². The lowest BCUT2D eigenvalue weighted by Crippen LogP contribution is -2.04. The molecule has 1 rings (SSSR count). The lowest BCUT2D eigenvalue weighted by atomic mass is 9.96. The van der Waals surface area contributed by atoms with Gasteiger partial charge in [0.25, 0.3) is 0 Å². The Morgan fingerprint density at radius 2 is 2.21 bits per heavy atom. The molecule has 0 aromatic carbocycles. The Morgan fingerprint density at radius 1 is 1.50 bits per heavy atom. The van der Waals surface area contributed by atoms with Crippen LogP contribution in [0.1, 0.15) is 62.0 Å². The van der Waals surface area contributed by atoms with Gasteiger partial charge in [-0.3, -0.25) is 4.79 Å². The van der Waals surface area contributed by atoms with Gasteiger partial charge in [0.1, 0.15) is 0 Å². The molecular weight excluding hydrogens is 174 g/mol. The van der Waals surface area contributed by atoms with Gasteiger partial charge in [-0.1, -0.05) is 20.8 Å². The summed E-state index contributed by atoms with van der Waals surface area (Å²) in [5.74, 6) is 0.713. The number of Topliss-reactive ketones (excluding diaryl/α,β-unsaturated/α-hetero) is 1. The van der Waals surface area contributed by atoms with Crippen LogP contribution >= 0.6 is 0 Å². The maximum atomic E-state index is 11.7. The van der Waals surface area contributed by atoms with E-state index in [1.165, 1.54) is 5.56 Å². The van der Waals surface area contributed by atoms with Crippen molar-refractivity contribution in [2.75, 3.05) is 0 Å². The van der Waals surface area contributed by atoms with E-state index >= 15 is 0 Å². The number of ketones is 1. The SMILES string of the molecule is CCCC(=O)c1[nH]ccc1C(C)CC. The topological polar surface area (TPSA) is 32.9 Å². The highest BCUT2D eigenvalue weighted by Crippen LogP contribution is 2.22. The zero-order valence-corrected chi connectivity index (χ0v) is 9.26. The van der Waals surface area contributed by atoms with Crippen LogP contribution in [0, 0.1) is 0 Å². The molecule has 78 valence electrons. The normalized spacial score (nSPS) is 12.8. The largest absolute Gasteiger partial charge is 0.359 e. The molecule has 2 heteroatoms. The predicted octanol–water partition coefficient (Wildman–Crippen LogP) is 3.51. The zero-order valence-electron chi connectivity index (χ0n) is 9.26. The minimum absolute atomic E-state index is 0.243. The van der Waals surface area contributed by atoms with Crippen LogP contribution in [-0.2, 0) is 0 Å². The van der Waals surface area contributed by atoms with E-state index < -0.39 is 0 Å². The van der Waals surface area contributed by atoms with Gasteiger partial charge in [-0.25, -0.2) is 0 Å². The minimum atomic E-state index is 0.243. The molecule has 1 N–H and O–H groups in total. The number of nitrogens with one attached hydrogen (secondary N) is 1. The molecule has 1 unspecified atom stereocenters. The summed E-state index contributed by atoms with van der Waals surface area (Å²) in [5.41, 5.74) is 1.99. The van der Waals surface area contributed by atoms with Gasteiger partial charge in [0.05, 0.1) is 5.69 Å². The van der Waals surface area contributed by atoms with Crippen molar-refractivity contribution >= 4 is 5.78 Å². The van der Waals surface area contributed by atoms with Crippen molar-refractivity contribution in [2.45, 2.75) is 46.0 Å². The van der Waals surface area contributed by atoms with Crippen LogP contribution in [0.4, 0.5) is 0 Å². The molecule has 0 radical (unpaired) electrons. The Kier molecular flexibility index (Phi) is 3.93. The van der Waals surface area contributed by atoms with Crippen LogP contribution in [0.5, 0.6) is 0 Å². The van der Waals surface area contributed by atoms with Crippen LogP contribution in [0.25, 0.3) is 0 Å². The second-order valence-electron chi connectivity index (χ2n) is 3.79. The molecule has 0 aliphatic heterocycles. The second kappa shape index (κ2) is 4.99. The molecule has 0 bridgehead atoms. The van der Waals surface area contributed by atoms with Crippen LogP contribution in [0.3, 0.4) is 0 Å². The van der Waals surface area contributed by atoms with Gasteiger partial charge in [0.15, 0.2) is 5.78 Å². The molecular formula is C12H19NO. The van der Waals surface area contributed by atoms with Gasteiger partial charge in [0.2, 0.25) is 0 Å². The highest BCUT2D eigenvalue weighted by Gasteiger charge is 2.15. The first-order chi connectivity index (χ1) is 6.70. The summed E-state index contributed by atoms with van der Waals surface area (Å²) in [7, 11) is 0. The molecule has 0 fully saturated rings. The zero-order chi connectivity index (χ0) is 10.6. The average molecular weight is 193 g/mol. The number of H-pyrrole nitrogens is 1. The van der Waals surface area contributed by atoms with E-state index in [1.54, 1.807) is 0 Å². The van der Waals surface area contributed by atoms with Gasteiger partial charge in [-0.15, -0.1) is 0 Å². The first-order valence-corrected chi connectivity index (χ1v) is 5.41. The minimum Gasteiger partial charge on any atom is -0.359 e. The Hall–Kier alpha value is -1.05. The fraction of sp³-hybridized carbons (Fsp3) is 0.583. The molecule has 1 aromatic rings. The van der Waals surface area contributed by atoms with Gasteiger partial charge >= 0.3 is 0 Å². The molecule has 0 aliphatic rings. The van der Waals surface area contributed by atoms with Crippen LogP contribution in [-0.4, -0.2) is 10.8 Å². The maximum absolute atomic E-state index is 11.7. The van der Waals surface area contributed by atoms with Crippen molar-refractivity contribution in [3.63, 3.8) is 0 Å². The Morgan fingerprint density at radius 3 is 2.79 bits per heavy atom. The van der Waals surface area contributed by atoms with E-state index in [2.05, 4.69) is 18.8 Å². The number of carbonyl (C=O) groups excluding carboxylic acids is 1. The summed E-state index contributed by atoms with van der Waals surface area (Å²) < 4.78 is 0. The summed E-state index contributed by atoms with van der Waals surface area (Å²) in [5, 5.41) is 0. The summed E-state index contributed by atoms with van der Waals surface area (Å²) in [6.45, 7) is 6.33. The lowest BCUT2D eigenvalue weighted by molar-refractivity contribution is 0.0976. The summed E-state index contributed by atoms with van der Waals surface area (Å²) in [4.78, 5) is 14.8. The van der Waals surface area contributed by atoms with Crippen molar-refractivity contribution in [3.8, 4) is 0 Å². The molecule has 0 amide bonds. The fourth-order valence-electron chi connectivity index (χ4n) is 1.61. The quantitative estimate of drug-likeness (QED) is 0.713. The van der Waals surface area contributed by atoms with Crippen molar-refractivity contribution in [2.24, 2.45) is 0 Å². The summed E-state index contributed by atoms with van der Waals surface area (Å²) >= 11 is 0. The van der Waals surface area contributed by atoms with E-state index in [0.29, 0.717) is 12.3 Å². The molecule has 2 nitrogen and oxygen atoms in total. The predicted molar refractivity (Wildman–Crippen MR) is 58.7 cm³/mol. The monoisotopic (exact) mass is 193 g/mol. The Balaban J connectivity index is 2.86. The molecule has 0 aliphatic carbocycles. The van der Waals surface area contributed by atoms with E-state index in [-0.39, 0.29) is 5.78 Å².